The average Bonchev–Trinajstić information content (AvgIpc) is 2.46. The number of anilines is 1. The first-order chi connectivity index (χ1) is 9.26. The molecule has 0 saturated carbocycles. The summed E-state index contributed by atoms with van der Waals surface area (Å²) >= 11 is 6.16. The Bertz CT molecular complexity index is 449. The van der Waals surface area contributed by atoms with Gasteiger partial charge in [-0.05, 0) is 18.6 Å². The van der Waals surface area contributed by atoms with Crippen molar-refractivity contribution in [3.63, 3.8) is 0 Å². The van der Waals surface area contributed by atoms with Gasteiger partial charge in [0.2, 0.25) is 0 Å². The molecule has 2 rings (SSSR count). The van der Waals surface area contributed by atoms with Crippen LogP contribution in [0.5, 0.6) is 0 Å². The summed E-state index contributed by atoms with van der Waals surface area (Å²) in [5.41, 5.74) is 0. The van der Waals surface area contributed by atoms with Gasteiger partial charge in [0, 0.05) is 32.4 Å². The molecule has 1 aliphatic rings. The highest BCUT2D eigenvalue weighted by molar-refractivity contribution is 6.32. The summed E-state index contributed by atoms with van der Waals surface area (Å²) in [6, 6.07) is 6.16. The van der Waals surface area contributed by atoms with Crippen LogP contribution in [0.4, 0.5) is 5.82 Å². The molecule has 1 aliphatic heterocycles. The Morgan fingerprint density at radius 1 is 1.42 bits per heavy atom. The Balaban J connectivity index is 1.96. The van der Waals surface area contributed by atoms with Crippen LogP contribution >= 0.6 is 11.6 Å². The number of nitriles is 1. The van der Waals surface area contributed by atoms with Crippen molar-refractivity contribution in [1.82, 2.24) is 9.88 Å². The molecule has 19 heavy (non-hydrogen) atoms. The van der Waals surface area contributed by atoms with E-state index in [2.05, 4.69) is 27.8 Å². The van der Waals surface area contributed by atoms with Crippen molar-refractivity contribution in [1.29, 1.82) is 5.26 Å². The largest absolute Gasteiger partial charge is 0.353 e. The fourth-order valence-corrected chi connectivity index (χ4v) is 2.70. The molecular weight excluding hydrogens is 260 g/mol. The molecule has 0 radical (unpaired) electrons. The summed E-state index contributed by atoms with van der Waals surface area (Å²) in [4.78, 5) is 8.79. The lowest BCUT2D eigenvalue weighted by Gasteiger charge is -2.37. The molecule has 102 valence electrons. The molecule has 1 fully saturated rings. The van der Waals surface area contributed by atoms with E-state index in [1.165, 1.54) is 0 Å². The zero-order chi connectivity index (χ0) is 13.7. The Morgan fingerprint density at radius 2 is 2.16 bits per heavy atom. The van der Waals surface area contributed by atoms with Crippen LogP contribution in [0.25, 0.3) is 0 Å². The maximum Gasteiger partial charge on any atom is 0.147 e. The third-order valence-corrected chi connectivity index (χ3v) is 3.80. The second-order valence-corrected chi connectivity index (χ2v) is 5.17. The summed E-state index contributed by atoms with van der Waals surface area (Å²) in [5, 5.41) is 9.89. The normalized spacial score (nSPS) is 18.1. The van der Waals surface area contributed by atoms with Crippen LogP contribution in [-0.2, 0) is 0 Å². The summed E-state index contributed by atoms with van der Waals surface area (Å²) < 4.78 is 0. The highest BCUT2D eigenvalue weighted by Gasteiger charge is 2.24. The Labute approximate surface area is 119 Å². The van der Waals surface area contributed by atoms with Gasteiger partial charge in [-0.1, -0.05) is 24.9 Å². The molecule has 1 aromatic heterocycles. The summed E-state index contributed by atoms with van der Waals surface area (Å²) in [6.45, 7) is 5.65. The molecule has 1 aromatic rings. The van der Waals surface area contributed by atoms with Crippen LogP contribution < -0.4 is 4.90 Å². The zero-order valence-electron chi connectivity index (χ0n) is 11.2. The van der Waals surface area contributed by atoms with Crippen LogP contribution in [0, 0.1) is 11.3 Å². The third-order valence-electron chi connectivity index (χ3n) is 3.50. The van der Waals surface area contributed by atoms with Gasteiger partial charge in [0.05, 0.1) is 17.1 Å². The lowest BCUT2D eigenvalue weighted by Crippen LogP contribution is -2.50. The number of hydrogen-bond donors (Lipinski definition) is 0. The number of hydrogen-bond acceptors (Lipinski definition) is 4. The highest BCUT2D eigenvalue weighted by Crippen LogP contribution is 2.23. The molecule has 0 aliphatic carbocycles. The number of rotatable bonds is 4. The molecule has 1 atom stereocenters. The van der Waals surface area contributed by atoms with Crippen molar-refractivity contribution < 1.29 is 0 Å². The van der Waals surface area contributed by atoms with E-state index in [9.17, 15) is 5.26 Å². The van der Waals surface area contributed by atoms with Crippen LogP contribution in [-0.4, -0.2) is 42.1 Å². The Morgan fingerprint density at radius 3 is 2.74 bits per heavy atom. The third kappa shape index (κ3) is 3.37. The van der Waals surface area contributed by atoms with Crippen molar-refractivity contribution in [2.45, 2.75) is 25.8 Å². The Hall–Kier alpha value is -1.31. The first kappa shape index (κ1) is 14.1. The molecule has 1 saturated heterocycles. The first-order valence-electron chi connectivity index (χ1n) is 6.75. The summed E-state index contributed by atoms with van der Waals surface area (Å²) in [7, 11) is 0. The minimum atomic E-state index is 0.0476. The molecule has 0 spiro atoms. The predicted molar refractivity (Wildman–Crippen MR) is 77.3 cm³/mol. The molecule has 5 heteroatoms. The molecule has 0 aromatic carbocycles. The van der Waals surface area contributed by atoms with Crippen molar-refractivity contribution in [2.24, 2.45) is 0 Å². The number of nitrogens with zero attached hydrogens (tertiary/aromatic N) is 4. The lowest BCUT2D eigenvalue weighted by molar-refractivity contribution is 0.211. The highest BCUT2D eigenvalue weighted by atomic mass is 35.5. The zero-order valence-corrected chi connectivity index (χ0v) is 12.0. The quantitative estimate of drug-likeness (QED) is 0.849. The standard InChI is InChI=1S/C14H19ClN4/c1-2-4-12(11-16)18-7-9-19(10-8-18)14-13(15)5-3-6-17-14/h3,5-6,12H,2,4,7-10H2,1H3. The van der Waals surface area contributed by atoms with Gasteiger partial charge in [-0.3, -0.25) is 4.90 Å². The fourth-order valence-electron chi connectivity index (χ4n) is 2.46. The van der Waals surface area contributed by atoms with Crippen LogP contribution in [0.1, 0.15) is 19.8 Å². The molecular formula is C14H19ClN4. The van der Waals surface area contributed by atoms with Gasteiger partial charge in [-0.2, -0.15) is 5.26 Å². The second-order valence-electron chi connectivity index (χ2n) is 4.77. The summed E-state index contributed by atoms with van der Waals surface area (Å²) in [5.74, 6) is 0.854. The van der Waals surface area contributed by atoms with Gasteiger partial charge < -0.3 is 4.90 Å². The van der Waals surface area contributed by atoms with Crippen LogP contribution in [0.2, 0.25) is 5.02 Å². The Kier molecular flexibility index (Phi) is 5.00. The molecule has 4 nitrogen and oxygen atoms in total. The number of piperazine rings is 1. The van der Waals surface area contributed by atoms with Gasteiger partial charge in [-0.15, -0.1) is 0 Å². The van der Waals surface area contributed by atoms with E-state index in [-0.39, 0.29) is 6.04 Å². The number of aromatic nitrogens is 1. The summed E-state index contributed by atoms with van der Waals surface area (Å²) in [6.07, 6.45) is 3.76. The van der Waals surface area contributed by atoms with Gasteiger partial charge in [0.15, 0.2) is 0 Å². The monoisotopic (exact) mass is 278 g/mol. The average molecular weight is 279 g/mol. The first-order valence-corrected chi connectivity index (χ1v) is 7.13. The van der Waals surface area contributed by atoms with E-state index >= 15 is 0 Å². The molecule has 0 amide bonds. The van der Waals surface area contributed by atoms with Crippen molar-refractivity contribution in [3.05, 3.63) is 23.4 Å². The maximum atomic E-state index is 9.20. The maximum absolute atomic E-state index is 9.20. The van der Waals surface area contributed by atoms with Crippen molar-refractivity contribution in [3.8, 4) is 6.07 Å². The van der Waals surface area contributed by atoms with E-state index < -0.39 is 0 Å². The topological polar surface area (TPSA) is 43.2 Å². The van der Waals surface area contributed by atoms with E-state index in [0.29, 0.717) is 5.02 Å². The lowest BCUT2D eigenvalue weighted by atomic mass is 10.1. The molecule has 1 unspecified atom stereocenters. The SMILES string of the molecule is CCCC(C#N)N1CCN(c2ncccc2Cl)CC1. The smallest absolute Gasteiger partial charge is 0.147 e. The molecule has 0 bridgehead atoms. The molecule has 0 N–H and O–H groups in total. The van der Waals surface area contributed by atoms with E-state index in [0.717, 1.165) is 44.8 Å². The van der Waals surface area contributed by atoms with Gasteiger partial charge in [0.1, 0.15) is 5.82 Å². The van der Waals surface area contributed by atoms with Gasteiger partial charge in [0.25, 0.3) is 0 Å². The number of pyridine rings is 1. The fraction of sp³-hybridized carbons (Fsp3) is 0.571. The van der Waals surface area contributed by atoms with Gasteiger partial charge >= 0.3 is 0 Å². The van der Waals surface area contributed by atoms with Gasteiger partial charge in [-0.25, -0.2) is 4.98 Å². The molecule has 2 heterocycles. The number of halogens is 1. The minimum absolute atomic E-state index is 0.0476. The van der Waals surface area contributed by atoms with Crippen LogP contribution in [0.3, 0.4) is 0 Å². The second kappa shape index (κ2) is 6.74. The minimum Gasteiger partial charge on any atom is -0.353 e. The van der Waals surface area contributed by atoms with E-state index in [1.54, 1.807) is 6.20 Å². The van der Waals surface area contributed by atoms with E-state index in [4.69, 9.17) is 11.6 Å². The van der Waals surface area contributed by atoms with Crippen molar-refractivity contribution >= 4 is 17.4 Å². The van der Waals surface area contributed by atoms with Crippen molar-refractivity contribution in [2.75, 3.05) is 31.1 Å². The van der Waals surface area contributed by atoms with Crippen LogP contribution in [0.15, 0.2) is 18.3 Å². The van der Waals surface area contributed by atoms with E-state index in [1.807, 2.05) is 12.1 Å². The predicted octanol–water partition coefficient (Wildman–Crippen LogP) is 2.55.